The van der Waals surface area contributed by atoms with Crippen molar-refractivity contribution in [2.75, 3.05) is 30.5 Å². The molecule has 8 heteroatoms. The second kappa shape index (κ2) is 5.09. The van der Waals surface area contributed by atoms with Gasteiger partial charge in [-0.15, -0.1) is 5.10 Å². The monoisotopic (exact) mass is 259 g/mol. The number of carbonyl (C=O) groups is 1. The second-order valence-corrected chi connectivity index (χ2v) is 5.88. The highest BCUT2D eigenvalue weighted by atomic mass is 32.2. The Balaban J connectivity index is 2.89. The number of nitrogens with zero attached hydrogens (tertiary/aromatic N) is 3. The second-order valence-electron chi connectivity index (χ2n) is 3.63. The third-order valence-electron chi connectivity index (χ3n) is 2.09. The SMILES string of the molecule is CN(CCS(C)(=O)=O)c1nnccc1C(=O)O. The minimum atomic E-state index is -3.10. The van der Waals surface area contributed by atoms with E-state index in [1.807, 2.05) is 0 Å². The highest BCUT2D eigenvalue weighted by molar-refractivity contribution is 7.90. The number of carboxylic acid groups (broad SMARTS) is 1. The Labute approximate surface area is 99.0 Å². The molecule has 0 spiro atoms. The number of anilines is 1. The summed E-state index contributed by atoms with van der Waals surface area (Å²) in [6.45, 7) is 0.164. The van der Waals surface area contributed by atoms with Gasteiger partial charge in [-0.3, -0.25) is 0 Å². The summed E-state index contributed by atoms with van der Waals surface area (Å²) in [6.07, 6.45) is 2.40. The molecule has 0 aliphatic rings. The van der Waals surface area contributed by atoms with Gasteiger partial charge in [-0.05, 0) is 6.07 Å². The lowest BCUT2D eigenvalue weighted by molar-refractivity contribution is 0.0697. The van der Waals surface area contributed by atoms with Crippen molar-refractivity contribution >= 4 is 21.6 Å². The number of aromatic carboxylic acids is 1. The average Bonchev–Trinajstić information content (AvgIpc) is 2.25. The van der Waals surface area contributed by atoms with Gasteiger partial charge in [0.15, 0.2) is 5.82 Å². The Morgan fingerprint density at radius 1 is 1.53 bits per heavy atom. The molecule has 0 fully saturated rings. The maximum absolute atomic E-state index is 11.0. The van der Waals surface area contributed by atoms with Crippen molar-refractivity contribution in [3.05, 3.63) is 17.8 Å². The van der Waals surface area contributed by atoms with Gasteiger partial charge in [0.25, 0.3) is 0 Å². The van der Waals surface area contributed by atoms with E-state index in [0.29, 0.717) is 0 Å². The largest absolute Gasteiger partial charge is 0.478 e. The van der Waals surface area contributed by atoms with Gasteiger partial charge >= 0.3 is 5.97 Å². The maximum atomic E-state index is 11.0. The van der Waals surface area contributed by atoms with Gasteiger partial charge in [-0.25, -0.2) is 13.2 Å². The summed E-state index contributed by atoms with van der Waals surface area (Å²) in [5.41, 5.74) is -0.00370. The minimum Gasteiger partial charge on any atom is -0.478 e. The van der Waals surface area contributed by atoms with Crippen molar-refractivity contribution in [3.63, 3.8) is 0 Å². The molecule has 0 aromatic carbocycles. The van der Waals surface area contributed by atoms with Gasteiger partial charge in [0.1, 0.15) is 15.4 Å². The van der Waals surface area contributed by atoms with E-state index in [4.69, 9.17) is 5.11 Å². The lowest BCUT2D eigenvalue weighted by atomic mass is 10.2. The molecule has 94 valence electrons. The number of aromatic nitrogens is 2. The van der Waals surface area contributed by atoms with E-state index < -0.39 is 15.8 Å². The van der Waals surface area contributed by atoms with Crippen molar-refractivity contribution < 1.29 is 18.3 Å². The number of hydrogen-bond acceptors (Lipinski definition) is 6. The van der Waals surface area contributed by atoms with E-state index in [-0.39, 0.29) is 23.7 Å². The molecule has 1 rings (SSSR count). The molecule has 0 atom stereocenters. The Morgan fingerprint density at radius 3 is 2.71 bits per heavy atom. The quantitative estimate of drug-likeness (QED) is 0.771. The number of carboxylic acids is 1. The zero-order chi connectivity index (χ0) is 13.1. The summed E-state index contributed by atoms with van der Waals surface area (Å²) in [4.78, 5) is 12.4. The zero-order valence-electron chi connectivity index (χ0n) is 9.49. The molecule has 0 unspecified atom stereocenters. The molecule has 1 aromatic heterocycles. The van der Waals surface area contributed by atoms with Gasteiger partial charge in [0.2, 0.25) is 0 Å². The predicted octanol–water partition coefficient (Wildman–Crippen LogP) is -0.344. The van der Waals surface area contributed by atoms with E-state index in [9.17, 15) is 13.2 Å². The Hall–Kier alpha value is -1.70. The molecule has 0 amide bonds. The molecule has 7 nitrogen and oxygen atoms in total. The lowest BCUT2D eigenvalue weighted by Gasteiger charge is -2.18. The smallest absolute Gasteiger partial charge is 0.339 e. The molecule has 0 saturated heterocycles. The van der Waals surface area contributed by atoms with Gasteiger partial charge in [-0.2, -0.15) is 5.10 Å². The Kier molecular flexibility index (Phi) is 4.00. The standard InChI is InChI=1S/C9H13N3O4S/c1-12(5-6-17(2,15)16)8-7(9(13)14)3-4-10-11-8/h3-4H,5-6H2,1-2H3,(H,13,14). The van der Waals surface area contributed by atoms with Crippen LogP contribution in [0.3, 0.4) is 0 Å². The van der Waals surface area contributed by atoms with Crippen LogP contribution in [-0.4, -0.2) is 55.3 Å². The zero-order valence-corrected chi connectivity index (χ0v) is 10.3. The number of hydrogen-bond donors (Lipinski definition) is 1. The first-order valence-corrected chi connectivity index (χ1v) is 6.81. The van der Waals surface area contributed by atoms with E-state index in [2.05, 4.69) is 10.2 Å². The van der Waals surface area contributed by atoms with Crippen molar-refractivity contribution in [2.45, 2.75) is 0 Å². The average molecular weight is 259 g/mol. The van der Waals surface area contributed by atoms with Crippen molar-refractivity contribution in [1.82, 2.24) is 10.2 Å². The molecule has 0 aliphatic carbocycles. The fourth-order valence-electron chi connectivity index (χ4n) is 1.18. The highest BCUT2D eigenvalue weighted by Gasteiger charge is 2.16. The number of sulfone groups is 1. The normalized spacial score (nSPS) is 11.2. The molecule has 1 aromatic rings. The van der Waals surface area contributed by atoms with Crippen LogP contribution < -0.4 is 4.90 Å². The van der Waals surface area contributed by atoms with Crippen molar-refractivity contribution in [1.29, 1.82) is 0 Å². The summed E-state index contributed by atoms with van der Waals surface area (Å²) >= 11 is 0. The minimum absolute atomic E-state index is 0.00370. The molecule has 0 bridgehead atoms. The molecular weight excluding hydrogens is 246 g/mol. The van der Waals surface area contributed by atoms with Crippen LogP contribution in [0.25, 0.3) is 0 Å². The first-order chi connectivity index (χ1) is 7.81. The number of rotatable bonds is 5. The summed E-state index contributed by atoms with van der Waals surface area (Å²) in [5, 5.41) is 16.2. The van der Waals surface area contributed by atoms with E-state index in [1.165, 1.54) is 17.2 Å². The molecule has 0 aliphatic heterocycles. The Bertz CT molecular complexity index is 515. The van der Waals surface area contributed by atoms with E-state index in [1.54, 1.807) is 7.05 Å². The van der Waals surface area contributed by atoms with Crippen LogP contribution in [0.5, 0.6) is 0 Å². The lowest BCUT2D eigenvalue weighted by Crippen LogP contribution is -2.27. The third-order valence-corrected chi connectivity index (χ3v) is 3.01. The topological polar surface area (TPSA) is 100 Å². The summed E-state index contributed by atoms with van der Waals surface area (Å²) in [5.74, 6) is -1.04. The van der Waals surface area contributed by atoms with Crippen LogP contribution >= 0.6 is 0 Å². The van der Waals surface area contributed by atoms with Crippen LogP contribution in [0.4, 0.5) is 5.82 Å². The molecule has 0 saturated carbocycles. The summed E-state index contributed by atoms with van der Waals surface area (Å²) in [7, 11) is -1.53. The molecule has 1 N–H and O–H groups in total. The third kappa shape index (κ3) is 3.99. The first kappa shape index (κ1) is 13.4. The van der Waals surface area contributed by atoms with Crippen LogP contribution in [0, 0.1) is 0 Å². The van der Waals surface area contributed by atoms with E-state index >= 15 is 0 Å². The van der Waals surface area contributed by atoms with E-state index in [0.717, 1.165) is 6.26 Å². The van der Waals surface area contributed by atoms with Gasteiger partial charge in [0.05, 0.1) is 11.9 Å². The van der Waals surface area contributed by atoms with Crippen molar-refractivity contribution in [2.24, 2.45) is 0 Å². The van der Waals surface area contributed by atoms with Gasteiger partial charge in [0, 0.05) is 19.8 Å². The highest BCUT2D eigenvalue weighted by Crippen LogP contribution is 2.14. The van der Waals surface area contributed by atoms with Crippen LogP contribution in [0.2, 0.25) is 0 Å². The predicted molar refractivity (Wildman–Crippen MR) is 62.0 cm³/mol. The molecule has 17 heavy (non-hydrogen) atoms. The van der Waals surface area contributed by atoms with Gasteiger partial charge < -0.3 is 10.0 Å². The van der Waals surface area contributed by atoms with Gasteiger partial charge in [-0.1, -0.05) is 0 Å². The maximum Gasteiger partial charge on any atom is 0.339 e. The molecule has 0 radical (unpaired) electrons. The Morgan fingerprint density at radius 2 is 2.18 bits per heavy atom. The fourth-order valence-corrected chi connectivity index (χ4v) is 1.79. The molecule has 1 heterocycles. The molecular formula is C9H13N3O4S. The first-order valence-electron chi connectivity index (χ1n) is 4.75. The van der Waals surface area contributed by atoms with Crippen LogP contribution in [0.15, 0.2) is 12.3 Å². The summed E-state index contributed by atoms with van der Waals surface area (Å²) in [6, 6.07) is 1.32. The van der Waals surface area contributed by atoms with Crippen LogP contribution in [0.1, 0.15) is 10.4 Å². The fraction of sp³-hybridized carbons (Fsp3) is 0.444. The van der Waals surface area contributed by atoms with Crippen LogP contribution in [-0.2, 0) is 9.84 Å². The summed E-state index contributed by atoms with van der Waals surface area (Å²) < 4.78 is 22.0. The van der Waals surface area contributed by atoms with Crippen molar-refractivity contribution in [3.8, 4) is 0 Å².